The van der Waals surface area contributed by atoms with Crippen LogP contribution in [0.4, 0.5) is 11.4 Å². The summed E-state index contributed by atoms with van der Waals surface area (Å²) in [6.45, 7) is 1.90. The third-order valence-electron chi connectivity index (χ3n) is 3.62. The van der Waals surface area contributed by atoms with E-state index in [0.29, 0.717) is 11.8 Å². The van der Waals surface area contributed by atoms with E-state index in [1.807, 2.05) is 0 Å². The molecule has 1 fully saturated rings. The third kappa shape index (κ3) is 2.78. The molecule has 0 amide bonds. The summed E-state index contributed by atoms with van der Waals surface area (Å²) in [4.78, 5) is 14.9. The summed E-state index contributed by atoms with van der Waals surface area (Å²) in [6.07, 6.45) is 1.10. The Bertz CT molecular complexity index is 476. The lowest BCUT2D eigenvalue weighted by Gasteiger charge is -2.22. The van der Waals surface area contributed by atoms with Crippen LogP contribution in [-0.4, -0.2) is 50.2 Å². The second kappa shape index (κ2) is 5.44. The zero-order chi connectivity index (χ0) is 14.0. The van der Waals surface area contributed by atoms with Gasteiger partial charge in [0.1, 0.15) is 0 Å². The Hall–Kier alpha value is -1.82. The standard InChI is InChI=1S/C13H19N3O3/c1-14(2)11-6-7-15(9-11)10-4-5-12(16(17)18)13(8-10)19-3/h4-5,8,11H,6-7,9H2,1-3H3. The molecular formula is C13H19N3O3. The van der Waals surface area contributed by atoms with Crippen molar-refractivity contribution in [1.29, 1.82) is 0 Å². The van der Waals surface area contributed by atoms with E-state index in [2.05, 4.69) is 23.9 Å². The van der Waals surface area contributed by atoms with E-state index in [1.165, 1.54) is 13.2 Å². The summed E-state index contributed by atoms with van der Waals surface area (Å²) < 4.78 is 5.10. The van der Waals surface area contributed by atoms with Crippen LogP contribution < -0.4 is 9.64 Å². The first-order chi connectivity index (χ1) is 9.02. The molecule has 0 N–H and O–H groups in total. The first-order valence-corrected chi connectivity index (χ1v) is 6.26. The molecule has 0 aliphatic carbocycles. The van der Waals surface area contributed by atoms with Gasteiger partial charge in [-0.15, -0.1) is 0 Å². The Balaban J connectivity index is 2.20. The fraction of sp³-hybridized carbons (Fsp3) is 0.538. The molecule has 1 aromatic rings. The smallest absolute Gasteiger partial charge is 0.311 e. The monoisotopic (exact) mass is 265 g/mol. The predicted molar refractivity (Wildman–Crippen MR) is 74.0 cm³/mol. The fourth-order valence-electron chi connectivity index (χ4n) is 2.41. The van der Waals surface area contributed by atoms with Gasteiger partial charge in [-0.05, 0) is 26.6 Å². The van der Waals surface area contributed by atoms with E-state index in [0.717, 1.165) is 25.2 Å². The summed E-state index contributed by atoms with van der Waals surface area (Å²) >= 11 is 0. The minimum Gasteiger partial charge on any atom is -0.490 e. The largest absolute Gasteiger partial charge is 0.490 e. The molecule has 104 valence electrons. The summed E-state index contributed by atoms with van der Waals surface area (Å²) in [5, 5.41) is 10.9. The van der Waals surface area contributed by atoms with Crippen LogP contribution in [0.15, 0.2) is 18.2 Å². The highest BCUT2D eigenvalue weighted by molar-refractivity contribution is 5.59. The summed E-state index contributed by atoms with van der Waals surface area (Å²) in [6, 6.07) is 5.58. The molecule has 1 heterocycles. The molecule has 2 rings (SSSR count). The fourth-order valence-corrected chi connectivity index (χ4v) is 2.41. The molecule has 0 aromatic heterocycles. The second-order valence-electron chi connectivity index (χ2n) is 4.97. The van der Waals surface area contributed by atoms with Gasteiger partial charge in [-0.25, -0.2) is 0 Å². The molecular weight excluding hydrogens is 246 g/mol. The molecule has 0 bridgehead atoms. The van der Waals surface area contributed by atoms with Gasteiger partial charge in [-0.2, -0.15) is 0 Å². The number of nitro benzene ring substituents is 1. The van der Waals surface area contributed by atoms with Crippen molar-refractivity contribution in [2.24, 2.45) is 0 Å². The highest BCUT2D eigenvalue weighted by Crippen LogP contribution is 2.32. The molecule has 1 unspecified atom stereocenters. The van der Waals surface area contributed by atoms with Crippen LogP contribution in [0.25, 0.3) is 0 Å². The number of benzene rings is 1. The van der Waals surface area contributed by atoms with Crippen LogP contribution in [0.5, 0.6) is 5.75 Å². The molecule has 19 heavy (non-hydrogen) atoms. The molecule has 1 aromatic carbocycles. The zero-order valence-corrected chi connectivity index (χ0v) is 11.5. The van der Waals surface area contributed by atoms with Crippen LogP contribution in [-0.2, 0) is 0 Å². The van der Waals surface area contributed by atoms with E-state index in [9.17, 15) is 10.1 Å². The lowest BCUT2D eigenvalue weighted by molar-refractivity contribution is -0.385. The predicted octanol–water partition coefficient (Wildman–Crippen LogP) is 1.74. The van der Waals surface area contributed by atoms with E-state index >= 15 is 0 Å². The Labute approximate surface area is 112 Å². The Kier molecular flexibility index (Phi) is 3.90. The van der Waals surface area contributed by atoms with Crippen LogP contribution in [0, 0.1) is 10.1 Å². The van der Waals surface area contributed by atoms with Crippen molar-refractivity contribution in [2.45, 2.75) is 12.5 Å². The van der Waals surface area contributed by atoms with Crippen molar-refractivity contribution >= 4 is 11.4 Å². The van der Waals surface area contributed by atoms with Gasteiger partial charge in [0.15, 0.2) is 5.75 Å². The molecule has 0 saturated carbocycles. The van der Waals surface area contributed by atoms with Crippen molar-refractivity contribution in [3.63, 3.8) is 0 Å². The number of anilines is 1. The summed E-state index contributed by atoms with van der Waals surface area (Å²) in [5.74, 6) is 0.316. The minimum absolute atomic E-state index is 0.00889. The molecule has 0 radical (unpaired) electrons. The number of nitro groups is 1. The van der Waals surface area contributed by atoms with Crippen LogP contribution in [0.3, 0.4) is 0 Å². The Morgan fingerprint density at radius 3 is 2.74 bits per heavy atom. The van der Waals surface area contributed by atoms with E-state index in [-0.39, 0.29) is 5.69 Å². The number of nitrogens with zero attached hydrogens (tertiary/aromatic N) is 3. The highest BCUT2D eigenvalue weighted by atomic mass is 16.6. The van der Waals surface area contributed by atoms with Crippen molar-refractivity contribution in [2.75, 3.05) is 39.2 Å². The highest BCUT2D eigenvalue weighted by Gasteiger charge is 2.25. The molecule has 1 atom stereocenters. The van der Waals surface area contributed by atoms with E-state index in [4.69, 9.17) is 4.74 Å². The number of rotatable bonds is 4. The molecule has 1 saturated heterocycles. The maximum Gasteiger partial charge on any atom is 0.311 e. The minimum atomic E-state index is -0.421. The quantitative estimate of drug-likeness (QED) is 0.613. The molecule has 0 spiro atoms. The lowest BCUT2D eigenvalue weighted by Crippen LogP contribution is -2.31. The Morgan fingerprint density at radius 2 is 2.21 bits per heavy atom. The molecule has 6 nitrogen and oxygen atoms in total. The molecule has 6 heteroatoms. The van der Waals surface area contributed by atoms with Gasteiger partial charge in [-0.3, -0.25) is 10.1 Å². The van der Waals surface area contributed by atoms with Gasteiger partial charge < -0.3 is 14.5 Å². The van der Waals surface area contributed by atoms with Gasteiger partial charge in [0.2, 0.25) is 0 Å². The van der Waals surface area contributed by atoms with Gasteiger partial charge in [-0.1, -0.05) is 0 Å². The van der Waals surface area contributed by atoms with Crippen LogP contribution >= 0.6 is 0 Å². The number of ether oxygens (including phenoxy) is 1. The summed E-state index contributed by atoms with van der Waals surface area (Å²) in [5.41, 5.74) is 0.987. The Morgan fingerprint density at radius 1 is 1.47 bits per heavy atom. The van der Waals surface area contributed by atoms with Crippen molar-refractivity contribution < 1.29 is 9.66 Å². The van der Waals surface area contributed by atoms with Gasteiger partial charge in [0, 0.05) is 37.0 Å². The zero-order valence-electron chi connectivity index (χ0n) is 11.5. The summed E-state index contributed by atoms with van der Waals surface area (Å²) in [7, 11) is 5.61. The third-order valence-corrected chi connectivity index (χ3v) is 3.62. The maximum absolute atomic E-state index is 10.9. The first-order valence-electron chi connectivity index (χ1n) is 6.26. The maximum atomic E-state index is 10.9. The number of methoxy groups -OCH3 is 1. The number of hydrogen-bond acceptors (Lipinski definition) is 5. The van der Waals surface area contributed by atoms with Crippen molar-refractivity contribution in [3.8, 4) is 5.75 Å². The van der Waals surface area contributed by atoms with Gasteiger partial charge in [0.25, 0.3) is 0 Å². The SMILES string of the molecule is COc1cc(N2CCC(N(C)C)C2)ccc1[N+](=O)[O-]. The second-order valence-corrected chi connectivity index (χ2v) is 4.97. The lowest BCUT2D eigenvalue weighted by atomic mass is 10.2. The number of hydrogen-bond donors (Lipinski definition) is 0. The van der Waals surface area contributed by atoms with E-state index < -0.39 is 4.92 Å². The molecule has 1 aliphatic rings. The van der Waals surface area contributed by atoms with Gasteiger partial charge in [0.05, 0.1) is 12.0 Å². The van der Waals surface area contributed by atoms with Crippen molar-refractivity contribution in [3.05, 3.63) is 28.3 Å². The topological polar surface area (TPSA) is 58.8 Å². The molecule has 1 aliphatic heterocycles. The normalized spacial score (nSPS) is 18.9. The van der Waals surface area contributed by atoms with Crippen LogP contribution in [0.1, 0.15) is 6.42 Å². The first kappa shape index (κ1) is 13.6. The average molecular weight is 265 g/mol. The van der Waals surface area contributed by atoms with E-state index in [1.54, 1.807) is 12.1 Å². The van der Waals surface area contributed by atoms with Crippen molar-refractivity contribution in [1.82, 2.24) is 4.90 Å². The number of likely N-dealkylation sites (N-methyl/N-ethyl adjacent to an activating group) is 1. The van der Waals surface area contributed by atoms with Crippen LogP contribution in [0.2, 0.25) is 0 Å². The average Bonchev–Trinajstić information content (AvgIpc) is 2.87. The van der Waals surface area contributed by atoms with Gasteiger partial charge >= 0.3 is 5.69 Å².